The lowest BCUT2D eigenvalue weighted by Crippen LogP contribution is -2.39. The van der Waals surface area contributed by atoms with Gasteiger partial charge in [0.2, 0.25) is 5.91 Å². The first kappa shape index (κ1) is 14.2. The third-order valence-electron chi connectivity index (χ3n) is 3.75. The summed E-state index contributed by atoms with van der Waals surface area (Å²) in [4.78, 5) is 12.2. The number of aromatic hydroxyl groups is 1. The summed E-state index contributed by atoms with van der Waals surface area (Å²) in [5.74, 6) is 0.171. The molecule has 0 unspecified atom stereocenters. The Morgan fingerprint density at radius 1 is 1.14 bits per heavy atom. The van der Waals surface area contributed by atoms with Crippen molar-refractivity contribution in [2.24, 2.45) is 0 Å². The van der Waals surface area contributed by atoms with E-state index in [-0.39, 0.29) is 17.7 Å². The van der Waals surface area contributed by atoms with Gasteiger partial charge in [0, 0.05) is 12.0 Å². The first-order chi connectivity index (χ1) is 10.7. The zero-order chi connectivity index (χ0) is 15.5. The van der Waals surface area contributed by atoms with Crippen molar-refractivity contribution in [2.45, 2.75) is 19.4 Å². The van der Waals surface area contributed by atoms with E-state index >= 15 is 0 Å². The van der Waals surface area contributed by atoms with Crippen LogP contribution in [0.15, 0.2) is 60.7 Å². The molecule has 3 rings (SSSR count). The van der Waals surface area contributed by atoms with Crippen molar-refractivity contribution in [3.63, 3.8) is 0 Å². The van der Waals surface area contributed by atoms with Crippen LogP contribution in [-0.2, 0) is 4.79 Å². The third-order valence-corrected chi connectivity index (χ3v) is 3.75. The average molecular weight is 294 g/mol. The molecule has 2 N–H and O–H groups in total. The largest absolute Gasteiger partial charge is 0.508 e. The predicted octanol–water partition coefficient (Wildman–Crippen LogP) is 3.23. The molecule has 1 aliphatic heterocycles. The molecule has 4 heteroatoms. The van der Waals surface area contributed by atoms with Gasteiger partial charge in [-0.15, -0.1) is 0 Å². The fourth-order valence-electron chi connectivity index (χ4n) is 2.60. The minimum absolute atomic E-state index is 0.0181. The molecule has 112 valence electrons. The lowest BCUT2D eigenvalue weighted by molar-refractivity contribution is -0.134. The van der Waals surface area contributed by atoms with Crippen LogP contribution in [0.2, 0.25) is 0 Å². The zero-order valence-corrected chi connectivity index (χ0v) is 12.4. The summed E-state index contributed by atoms with van der Waals surface area (Å²) in [6.07, 6.45) is 2.37. The summed E-state index contributed by atoms with van der Waals surface area (Å²) in [6.45, 7) is 1.83. The number of rotatable bonds is 3. The molecule has 0 saturated heterocycles. The van der Waals surface area contributed by atoms with Gasteiger partial charge in [-0.25, -0.2) is 5.01 Å². The van der Waals surface area contributed by atoms with E-state index < -0.39 is 0 Å². The Morgan fingerprint density at radius 3 is 2.50 bits per heavy atom. The number of nitrogens with zero attached hydrogens (tertiary/aromatic N) is 1. The minimum Gasteiger partial charge on any atom is -0.508 e. The first-order valence-electron chi connectivity index (χ1n) is 7.34. The molecule has 1 heterocycles. The van der Waals surface area contributed by atoms with E-state index in [4.69, 9.17) is 0 Å². The highest BCUT2D eigenvalue weighted by Gasteiger charge is 2.31. The van der Waals surface area contributed by atoms with E-state index in [9.17, 15) is 9.90 Å². The van der Waals surface area contributed by atoms with Gasteiger partial charge >= 0.3 is 0 Å². The van der Waals surface area contributed by atoms with Gasteiger partial charge in [0.05, 0.1) is 5.70 Å². The van der Waals surface area contributed by atoms with E-state index in [0.29, 0.717) is 12.0 Å². The maximum Gasteiger partial charge on any atom is 0.241 e. The Labute approximate surface area is 129 Å². The zero-order valence-electron chi connectivity index (χ0n) is 12.4. The number of nitrogens with one attached hydrogen (secondary N) is 1. The molecule has 1 aliphatic rings. The topological polar surface area (TPSA) is 52.6 Å². The molecular weight excluding hydrogens is 276 g/mol. The van der Waals surface area contributed by atoms with Gasteiger partial charge in [-0.2, -0.15) is 0 Å². The van der Waals surface area contributed by atoms with Crippen LogP contribution < -0.4 is 5.43 Å². The molecule has 0 fully saturated rings. The van der Waals surface area contributed by atoms with Gasteiger partial charge in [0.25, 0.3) is 0 Å². The van der Waals surface area contributed by atoms with Crippen molar-refractivity contribution in [1.29, 1.82) is 0 Å². The van der Waals surface area contributed by atoms with Gasteiger partial charge in [0.15, 0.2) is 0 Å². The van der Waals surface area contributed by atoms with Crippen LogP contribution in [0.1, 0.15) is 30.5 Å². The van der Waals surface area contributed by atoms with Crippen LogP contribution in [0.3, 0.4) is 0 Å². The number of benzene rings is 2. The molecular formula is C18H18N2O2. The Balaban J connectivity index is 2.01. The van der Waals surface area contributed by atoms with Crippen LogP contribution in [-0.4, -0.2) is 16.0 Å². The van der Waals surface area contributed by atoms with Crippen molar-refractivity contribution >= 4 is 11.6 Å². The summed E-state index contributed by atoms with van der Waals surface area (Å²) in [7, 11) is 0. The van der Waals surface area contributed by atoms with Crippen LogP contribution in [0.25, 0.3) is 5.70 Å². The van der Waals surface area contributed by atoms with E-state index in [2.05, 4.69) is 5.43 Å². The van der Waals surface area contributed by atoms with Gasteiger partial charge < -0.3 is 5.11 Å². The second-order valence-electron chi connectivity index (χ2n) is 5.18. The molecule has 0 aliphatic carbocycles. The number of hydrogen-bond acceptors (Lipinski definition) is 3. The number of phenolic OH excluding ortho intramolecular Hbond substituents is 1. The SMILES string of the molecule is CCC(=O)N1NC(c2ccccc2)=C[C@H]1c1ccccc1O. The fourth-order valence-corrected chi connectivity index (χ4v) is 2.60. The lowest BCUT2D eigenvalue weighted by atomic mass is 10.0. The van der Waals surface area contributed by atoms with Crippen molar-refractivity contribution in [3.8, 4) is 5.75 Å². The molecule has 4 nitrogen and oxygen atoms in total. The number of carbonyl (C=O) groups excluding carboxylic acids is 1. The molecule has 1 amide bonds. The number of carbonyl (C=O) groups is 1. The molecule has 2 aromatic carbocycles. The molecule has 0 bridgehead atoms. The summed E-state index contributed by atoms with van der Waals surface area (Å²) in [6, 6.07) is 16.6. The third kappa shape index (κ3) is 2.55. The van der Waals surface area contributed by atoms with Crippen molar-refractivity contribution in [2.75, 3.05) is 0 Å². The van der Waals surface area contributed by atoms with E-state index in [1.807, 2.05) is 55.5 Å². The minimum atomic E-state index is -0.316. The van der Waals surface area contributed by atoms with Crippen molar-refractivity contribution in [3.05, 3.63) is 71.8 Å². The molecule has 0 spiro atoms. The molecule has 2 aromatic rings. The van der Waals surface area contributed by atoms with Crippen LogP contribution in [0, 0.1) is 0 Å². The summed E-state index contributed by atoms with van der Waals surface area (Å²) < 4.78 is 0. The number of phenols is 1. The first-order valence-corrected chi connectivity index (χ1v) is 7.34. The normalized spacial score (nSPS) is 17.0. The Hall–Kier alpha value is -2.75. The van der Waals surface area contributed by atoms with Gasteiger partial charge in [-0.1, -0.05) is 55.5 Å². The van der Waals surface area contributed by atoms with Gasteiger partial charge in [-0.3, -0.25) is 10.2 Å². The Morgan fingerprint density at radius 2 is 1.82 bits per heavy atom. The molecule has 0 saturated carbocycles. The summed E-state index contributed by atoms with van der Waals surface area (Å²) >= 11 is 0. The maximum absolute atomic E-state index is 12.2. The fraction of sp³-hybridized carbons (Fsp3) is 0.167. The highest BCUT2D eigenvalue weighted by molar-refractivity contribution is 5.81. The Kier molecular flexibility index (Phi) is 3.83. The Bertz CT molecular complexity index is 710. The van der Waals surface area contributed by atoms with Gasteiger partial charge in [0.1, 0.15) is 11.8 Å². The number of amides is 1. The van der Waals surface area contributed by atoms with Crippen molar-refractivity contribution < 1.29 is 9.90 Å². The maximum atomic E-state index is 12.2. The lowest BCUT2D eigenvalue weighted by Gasteiger charge is -2.25. The summed E-state index contributed by atoms with van der Waals surface area (Å²) in [5.41, 5.74) is 5.76. The monoisotopic (exact) mass is 294 g/mol. The molecule has 22 heavy (non-hydrogen) atoms. The number of hydrogen-bond donors (Lipinski definition) is 2. The second-order valence-corrected chi connectivity index (χ2v) is 5.18. The van der Waals surface area contributed by atoms with Crippen LogP contribution in [0.4, 0.5) is 0 Å². The van der Waals surface area contributed by atoms with E-state index in [1.165, 1.54) is 0 Å². The second kappa shape index (κ2) is 5.93. The summed E-state index contributed by atoms with van der Waals surface area (Å²) in [5, 5.41) is 11.7. The highest BCUT2D eigenvalue weighted by Crippen LogP contribution is 2.35. The standard InChI is InChI=1S/C18H18N2O2/c1-2-18(22)20-16(14-10-6-7-11-17(14)21)12-15(19-20)13-8-4-3-5-9-13/h3-12,16,19,21H,2H2,1H3/t16-/m0/s1. The molecule has 0 radical (unpaired) electrons. The smallest absolute Gasteiger partial charge is 0.241 e. The molecule has 1 atom stereocenters. The van der Waals surface area contributed by atoms with Crippen LogP contribution >= 0.6 is 0 Å². The van der Waals surface area contributed by atoms with Gasteiger partial charge in [-0.05, 0) is 17.7 Å². The quantitative estimate of drug-likeness (QED) is 0.914. The van der Waals surface area contributed by atoms with E-state index in [1.54, 1.807) is 17.1 Å². The molecule has 0 aromatic heterocycles. The number of hydrazine groups is 1. The van der Waals surface area contributed by atoms with E-state index in [0.717, 1.165) is 11.3 Å². The predicted molar refractivity (Wildman–Crippen MR) is 85.5 cm³/mol. The number of para-hydroxylation sites is 1. The average Bonchev–Trinajstić information content (AvgIpc) is 3.00. The highest BCUT2D eigenvalue weighted by atomic mass is 16.3. The van der Waals surface area contributed by atoms with Crippen molar-refractivity contribution in [1.82, 2.24) is 10.4 Å². The van der Waals surface area contributed by atoms with Crippen LogP contribution in [0.5, 0.6) is 5.75 Å².